The van der Waals surface area contributed by atoms with E-state index in [0.29, 0.717) is 22.3 Å². The molecule has 4 aromatic rings. The quantitative estimate of drug-likeness (QED) is 0.451. The zero-order chi connectivity index (χ0) is 19.0. The van der Waals surface area contributed by atoms with E-state index in [0.717, 1.165) is 15.7 Å². The first kappa shape index (κ1) is 17.9. The summed E-state index contributed by atoms with van der Waals surface area (Å²) in [5.74, 6) is 0.493. The molecule has 0 radical (unpaired) electrons. The zero-order valence-corrected chi connectivity index (χ0v) is 17.0. The van der Waals surface area contributed by atoms with E-state index in [1.165, 1.54) is 27.8 Å². The molecule has 3 aromatic heterocycles. The Bertz CT molecular complexity index is 1200. The third-order valence-corrected chi connectivity index (χ3v) is 5.47. The van der Waals surface area contributed by atoms with Crippen molar-refractivity contribution in [2.45, 2.75) is 24.8 Å². The molecule has 0 fully saturated rings. The lowest BCUT2D eigenvalue weighted by Gasteiger charge is -2.08. The van der Waals surface area contributed by atoms with Crippen LogP contribution < -0.4 is 5.56 Å². The fraction of sp³-hybridized carbons (Fsp3) is 0.167. The molecule has 0 aliphatic rings. The number of rotatable bonds is 4. The Morgan fingerprint density at radius 1 is 1.15 bits per heavy atom. The third-order valence-electron chi connectivity index (χ3n) is 4.05. The van der Waals surface area contributed by atoms with Crippen molar-refractivity contribution in [3.05, 3.63) is 74.2 Å². The number of halogens is 1. The predicted molar refractivity (Wildman–Crippen MR) is 107 cm³/mol. The molecule has 0 amide bonds. The normalized spacial score (nSPS) is 11.2. The van der Waals surface area contributed by atoms with Crippen LogP contribution in [0.5, 0.6) is 0 Å². The first-order valence-electron chi connectivity index (χ1n) is 8.18. The number of aryl methyl sites for hydroxylation is 2. The molecule has 0 aliphatic heterocycles. The highest BCUT2D eigenvalue weighted by molar-refractivity contribution is 9.10. The van der Waals surface area contributed by atoms with Gasteiger partial charge in [-0.25, -0.2) is 4.98 Å². The summed E-state index contributed by atoms with van der Waals surface area (Å²) in [7, 11) is 0. The second-order valence-electron chi connectivity index (χ2n) is 6.11. The van der Waals surface area contributed by atoms with E-state index in [1.54, 1.807) is 16.9 Å². The van der Waals surface area contributed by atoms with Gasteiger partial charge in [0.1, 0.15) is 5.65 Å². The Morgan fingerprint density at radius 2 is 2.00 bits per heavy atom. The maximum absolute atomic E-state index is 12.3. The van der Waals surface area contributed by atoms with E-state index < -0.39 is 0 Å². The van der Waals surface area contributed by atoms with Crippen LogP contribution in [0.25, 0.3) is 11.3 Å². The molecule has 4 rings (SSSR count). The summed E-state index contributed by atoms with van der Waals surface area (Å²) in [5.41, 5.74) is 4.39. The minimum Gasteiger partial charge on any atom is -0.269 e. The van der Waals surface area contributed by atoms with Crippen LogP contribution in [-0.2, 0) is 5.75 Å². The van der Waals surface area contributed by atoms with Crippen LogP contribution in [0.1, 0.15) is 16.8 Å². The van der Waals surface area contributed by atoms with Gasteiger partial charge in [-0.2, -0.15) is 4.68 Å². The zero-order valence-electron chi connectivity index (χ0n) is 14.6. The lowest BCUT2D eigenvalue weighted by molar-refractivity contribution is 0.751. The molecule has 7 nitrogen and oxygen atoms in total. The first-order valence-corrected chi connectivity index (χ1v) is 9.96. The van der Waals surface area contributed by atoms with E-state index in [2.05, 4.69) is 49.4 Å². The Balaban J connectivity index is 1.62. The van der Waals surface area contributed by atoms with Crippen LogP contribution in [0, 0.1) is 13.8 Å². The minimum atomic E-state index is -0.120. The summed E-state index contributed by atoms with van der Waals surface area (Å²) in [6.07, 6.45) is 1.71. The van der Waals surface area contributed by atoms with Crippen molar-refractivity contribution in [3.63, 3.8) is 0 Å². The molecular weight excluding hydrogens is 428 g/mol. The summed E-state index contributed by atoms with van der Waals surface area (Å²) >= 11 is 4.81. The number of thioether (sulfide) groups is 1. The van der Waals surface area contributed by atoms with Crippen LogP contribution in [0.3, 0.4) is 0 Å². The predicted octanol–water partition coefficient (Wildman–Crippen LogP) is 3.34. The number of aromatic nitrogens is 6. The molecule has 9 heteroatoms. The van der Waals surface area contributed by atoms with Crippen LogP contribution in [-0.4, -0.2) is 29.6 Å². The van der Waals surface area contributed by atoms with Crippen molar-refractivity contribution in [1.82, 2.24) is 29.6 Å². The monoisotopic (exact) mass is 442 g/mol. The van der Waals surface area contributed by atoms with Gasteiger partial charge in [-0.05, 0) is 64.0 Å². The van der Waals surface area contributed by atoms with Gasteiger partial charge in [0.15, 0.2) is 0 Å². The molecule has 1 aromatic carbocycles. The molecule has 27 heavy (non-hydrogen) atoms. The van der Waals surface area contributed by atoms with E-state index in [4.69, 9.17) is 0 Å². The second-order valence-corrected chi connectivity index (χ2v) is 7.97. The molecule has 0 unspecified atom stereocenters. The van der Waals surface area contributed by atoms with Crippen molar-refractivity contribution in [3.8, 4) is 5.69 Å². The molecule has 0 bridgehead atoms. The van der Waals surface area contributed by atoms with Crippen LogP contribution >= 0.6 is 27.7 Å². The number of benzene rings is 1. The van der Waals surface area contributed by atoms with Gasteiger partial charge in [-0.1, -0.05) is 29.5 Å². The molecular formula is C18H15BrN6OS. The van der Waals surface area contributed by atoms with E-state index in [1.807, 2.05) is 25.1 Å². The number of fused-ring (bicyclic) bond motifs is 1. The summed E-state index contributed by atoms with van der Waals surface area (Å²) in [4.78, 5) is 16.9. The highest BCUT2D eigenvalue weighted by Gasteiger charge is 2.12. The summed E-state index contributed by atoms with van der Waals surface area (Å²) in [6.45, 7) is 4.08. The van der Waals surface area contributed by atoms with Crippen molar-refractivity contribution in [2.24, 2.45) is 0 Å². The van der Waals surface area contributed by atoms with E-state index in [-0.39, 0.29) is 5.56 Å². The van der Waals surface area contributed by atoms with E-state index in [9.17, 15) is 4.79 Å². The van der Waals surface area contributed by atoms with Gasteiger partial charge >= 0.3 is 0 Å². The number of hydrogen-bond donors (Lipinski definition) is 0. The number of tetrazole rings is 1. The van der Waals surface area contributed by atoms with Gasteiger partial charge in [-0.15, -0.1) is 5.10 Å². The fourth-order valence-corrected chi connectivity index (χ4v) is 3.91. The molecule has 136 valence electrons. The maximum Gasteiger partial charge on any atom is 0.258 e. The Hall–Kier alpha value is -2.52. The van der Waals surface area contributed by atoms with E-state index >= 15 is 0 Å². The highest BCUT2D eigenvalue weighted by atomic mass is 79.9. The Kier molecular flexibility index (Phi) is 4.79. The molecule has 0 N–H and O–H groups in total. The van der Waals surface area contributed by atoms with Gasteiger partial charge in [-0.3, -0.25) is 9.20 Å². The number of nitrogens with zero attached hydrogens (tertiary/aromatic N) is 6. The molecule has 3 heterocycles. The Morgan fingerprint density at radius 3 is 2.81 bits per heavy atom. The highest BCUT2D eigenvalue weighted by Crippen LogP contribution is 2.23. The average molecular weight is 443 g/mol. The van der Waals surface area contributed by atoms with Gasteiger partial charge in [0, 0.05) is 22.5 Å². The maximum atomic E-state index is 12.3. The van der Waals surface area contributed by atoms with Gasteiger partial charge < -0.3 is 0 Å². The third kappa shape index (κ3) is 3.65. The molecule has 0 aliphatic carbocycles. The lowest BCUT2D eigenvalue weighted by atomic mass is 10.1. The summed E-state index contributed by atoms with van der Waals surface area (Å²) < 4.78 is 4.05. The summed E-state index contributed by atoms with van der Waals surface area (Å²) in [5, 5.41) is 12.7. The largest absolute Gasteiger partial charge is 0.269 e. The first-order chi connectivity index (χ1) is 13.0. The molecule has 0 saturated carbocycles. The smallest absolute Gasteiger partial charge is 0.258 e. The van der Waals surface area contributed by atoms with Gasteiger partial charge in [0.25, 0.3) is 5.56 Å². The van der Waals surface area contributed by atoms with Crippen molar-refractivity contribution in [1.29, 1.82) is 0 Å². The van der Waals surface area contributed by atoms with Gasteiger partial charge in [0.05, 0.1) is 11.4 Å². The minimum absolute atomic E-state index is 0.120. The molecule has 0 saturated heterocycles. The number of pyridine rings is 1. The number of hydrogen-bond acceptors (Lipinski definition) is 6. The molecule has 0 atom stereocenters. The fourth-order valence-electron chi connectivity index (χ4n) is 2.80. The van der Waals surface area contributed by atoms with Crippen molar-refractivity contribution in [2.75, 3.05) is 0 Å². The SMILES string of the molecule is Cc1ccc(-n2nnnc2SCc2cc(=O)n3cc(Br)ccc3n2)c(C)c1. The second kappa shape index (κ2) is 7.24. The molecule has 0 spiro atoms. The lowest BCUT2D eigenvalue weighted by Crippen LogP contribution is -2.15. The average Bonchev–Trinajstić information content (AvgIpc) is 3.09. The van der Waals surface area contributed by atoms with Crippen molar-refractivity contribution >= 4 is 33.3 Å². The summed E-state index contributed by atoms with van der Waals surface area (Å²) in [6, 6.07) is 11.3. The van der Waals surface area contributed by atoms with Gasteiger partial charge in [0.2, 0.25) is 5.16 Å². The van der Waals surface area contributed by atoms with Crippen LogP contribution in [0.15, 0.2) is 57.0 Å². The Labute approximate surface area is 167 Å². The topological polar surface area (TPSA) is 78.0 Å². The van der Waals surface area contributed by atoms with Crippen molar-refractivity contribution < 1.29 is 0 Å². The van der Waals surface area contributed by atoms with Crippen LogP contribution in [0.4, 0.5) is 0 Å². The standard InChI is InChI=1S/C18H15BrN6OS/c1-11-3-5-15(12(2)7-11)25-18(21-22-23-25)27-10-14-8-17(26)24-9-13(19)4-6-16(24)20-14/h3-9H,10H2,1-2H3. The van der Waals surface area contributed by atoms with Crippen LogP contribution in [0.2, 0.25) is 0 Å².